The first kappa shape index (κ1) is 79.8. The Labute approximate surface area is 150 Å². The Kier molecular flexibility index (Phi) is 612. The van der Waals surface area contributed by atoms with Crippen molar-refractivity contribution in [2.45, 2.75) is 0 Å². The second kappa shape index (κ2) is 61.4. The predicted octanol–water partition coefficient (Wildman–Crippen LogP) is -1.04. The van der Waals surface area contributed by atoms with Crippen LogP contribution in [0.4, 0.5) is 0 Å². The molecule has 0 unspecified atom stereocenters. The van der Waals surface area contributed by atoms with Crippen molar-refractivity contribution >= 4 is 82.7 Å². The van der Waals surface area contributed by atoms with Crippen molar-refractivity contribution in [3.63, 3.8) is 0 Å². The average Bonchev–Trinajstić information content (AvgIpc) is 0. The molecule has 0 bridgehead atoms. The summed E-state index contributed by atoms with van der Waals surface area (Å²) in [4.78, 5) is 0. The van der Waals surface area contributed by atoms with E-state index in [2.05, 4.69) is 0 Å². The summed E-state index contributed by atoms with van der Waals surface area (Å²) in [5, 5.41) is 0. The molecular weight excluding hydrogens is 347 g/mol. The summed E-state index contributed by atoms with van der Waals surface area (Å²) in [7, 11) is 0. The summed E-state index contributed by atoms with van der Waals surface area (Å²) in [5.41, 5.74) is 0. The van der Waals surface area contributed by atoms with E-state index < -0.39 is 0 Å². The first-order valence-corrected chi connectivity index (χ1v) is 0. The normalized spacial score (nSPS) is 0. The van der Waals surface area contributed by atoms with Gasteiger partial charge in [0.2, 0.25) is 0 Å². The van der Waals surface area contributed by atoms with Gasteiger partial charge in [-0.15, -0.1) is 0 Å². The largest absolute Gasteiger partial charge is 0.197 e. The standard InChI is InChI=1S/B.Ca.Cu.Fe.Mg.Mn.H2S.Zn/h;;;;;;1H2;. The van der Waals surface area contributed by atoms with Gasteiger partial charge in [0.05, 0.1) is 0 Å². The third-order valence-electron chi connectivity index (χ3n) is 0. The molecule has 0 aliphatic heterocycles. The first-order chi connectivity index (χ1) is 0. The second-order valence-corrected chi connectivity index (χ2v) is 0. The Morgan fingerprint density at radius 2 is 1.00 bits per heavy atom. The average molecular weight is 349 g/mol. The van der Waals surface area contributed by atoms with Gasteiger partial charge in [0, 0.05) is 140 Å². The van der Waals surface area contributed by atoms with E-state index in [1.165, 1.54) is 0 Å². The van der Waals surface area contributed by atoms with Crippen molar-refractivity contribution in [1.29, 1.82) is 0 Å². The van der Waals surface area contributed by atoms with Gasteiger partial charge in [-0.25, -0.2) is 0 Å². The number of rotatable bonds is 0. The molecule has 0 spiro atoms. The maximum atomic E-state index is 0. The van der Waals surface area contributed by atoms with Crippen molar-refractivity contribution in [2.75, 3.05) is 0 Å². The SMILES string of the molecule is S.[B].[Ca].[Cu].[Fe].[Mg].[Mn].[Zn]. The fourth-order valence-electron chi connectivity index (χ4n) is 0. The van der Waals surface area contributed by atoms with Crippen LogP contribution in [-0.4, -0.2) is 69.2 Å². The summed E-state index contributed by atoms with van der Waals surface area (Å²) < 4.78 is 0. The molecule has 8 heteroatoms. The fourth-order valence-corrected chi connectivity index (χ4v) is 0. The molecule has 0 aromatic rings. The van der Waals surface area contributed by atoms with Crippen LogP contribution in [0.25, 0.3) is 0 Å². The predicted molar refractivity (Wildman–Crippen MR) is 27.6 cm³/mol. The third-order valence-corrected chi connectivity index (χ3v) is 0. The Morgan fingerprint density at radius 1 is 1.00 bits per heavy atom. The van der Waals surface area contributed by atoms with Crippen molar-refractivity contribution in [3.8, 4) is 0 Å². The van der Waals surface area contributed by atoms with Crippen molar-refractivity contribution < 1.29 is 70.7 Å². The van der Waals surface area contributed by atoms with E-state index in [1.54, 1.807) is 0 Å². The van der Waals surface area contributed by atoms with E-state index in [0.717, 1.165) is 0 Å². The van der Waals surface area contributed by atoms with Crippen LogP contribution in [0.15, 0.2) is 0 Å². The quantitative estimate of drug-likeness (QED) is 0.491. The van der Waals surface area contributed by atoms with E-state index >= 15 is 0 Å². The molecule has 9 radical (unpaired) electrons. The van der Waals surface area contributed by atoms with Gasteiger partial charge < -0.3 is 0 Å². The zero-order chi connectivity index (χ0) is 0. The molecule has 0 aliphatic carbocycles. The molecule has 0 atom stereocenters. The van der Waals surface area contributed by atoms with Gasteiger partial charge in [0.1, 0.15) is 0 Å². The van der Waals surface area contributed by atoms with E-state index in [0.29, 0.717) is 0 Å². The molecule has 0 heterocycles. The van der Waals surface area contributed by atoms with E-state index in [4.69, 9.17) is 0 Å². The molecule has 0 fully saturated rings. The van der Waals surface area contributed by atoms with Crippen molar-refractivity contribution in [2.24, 2.45) is 0 Å². The summed E-state index contributed by atoms with van der Waals surface area (Å²) in [6.07, 6.45) is 0. The van der Waals surface area contributed by atoms with E-state index in [9.17, 15) is 0 Å². The van der Waals surface area contributed by atoms with Crippen LogP contribution in [0.2, 0.25) is 0 Å². The summed E-state index contributed by atoms with van der Waals surface area (Å²) in [6.45, 7) is 0. The third kappa shape index (κ3) is 46.0. The maximum absolute atomic E-state index is 0. The van der Waals surface area contributed by atoms with Gasteiger partial charge in [-0.2, -0.15) is 13.5 Å². The molecule has 0 amide bonds. The fraction of sp³-hybridized carbons (Fsp3) is 0. The van der Waals surface area contributed by atoms with Crippen LogP contribution in [-0.2, 0) is 70.7 Å². The Morgan fingerprint density at radius 3 is 1.00 bits per heavy atom. The zero-order valence-electron chi connectivity index (χ0n) is 4.23. The number of hydrogen-bond acceptors (Lipinski definition) is 0. The van der Waals surface area contributed by atoms with E-state index in [-0.39, 0.29) is 153 Å². The van der Waals surface area contributed by atoms with Crippen molar-refractivity contribution in [3.05, 3.63) is 0 Å². The van der Waals surface area contributed by atoms with Crippen LogP contribution in [0.5, 0.6) is 0 Å². The van der Waals surface area contributed by atoms with Gasteiger partial charge in [0.15, 0.2) is 0 Å². The monoisotopic (exact) mass is 347 g/mol. The molecule has 0 nitrogen and oxygen atoms in total. The minimum Gasteiger partial charge on any atom is -0.197 e. The van der Waals surface area contributed by atoms with Crippen LogP contribution in [0.3, 0.4) is 0 Å². The molecule has 0 rings (SSSR count). The van der Waals surface area contributed by atoms with Gasteiger partial charge in [0.25, 0.3) is 0 Å². The summed E-state index contributed by atoms with van der Waals surface area (Å²) in [6, 6.07) is 0. The molecule has 0 aliphatic rings. The molecule has 43 valence electrons. The summed E-state index contributed by atoms with van der Waals surface area (Å²) in [5.74, 6) is 0. The van der Waals surface area contributed by atoms with E-state index in [1.807, 2.05) is 0 Å². The minimum absolute atomic E-state index is 0. The Bertz CT molecular complexity index is 24.0. The summed E-state index contributed by atoms with van der Waals surface area (Å²) >= 11 is 0. The first-order valence-electron chi connectivity index (χ1n) is 0. The second-order valence-electron chi connectivity index (χ2n) is 0. The van der Waals surface area contributed by atoms with Gasteiger partial charge in [-0.3, -0.25) is 0 Å². The minimum atomic E-state index is 0. The molecule has 8 heavy (non-hydrogen) atoms. The van der Waals surface area contributed by atoms with Crippen LogP contribution in [0, 0.1) is 0 Å². The Balaban J connectivity index is 0. The smallest absolute Gasteiger partial charge is 0 e. The van der Waals surface area contributed by atoms with Crippen molar-refractivity contribution in [1.82, 2.24) is 0 Å². The zero-order valence-corrected chi connectivity index (χ0v) is 15.0. The van der Waals surface area contributed by atoms with Gasteiger partial charge in [-0.1, -0.05) is 0 Å². The van der Waals surface area contributed by atoms with Gasteiger partial charge >= 0.3 is 0 Å². The van der Waals surface area contributed by atoms with Crippen LogP contribution < -0.4 is 0 Å². The van der Waals surface area contributed by atoms with Crippen LogP contribution in [0.1, 0.15) is 0 Å². The molecule has 0 saturated carbocycles. The van der Waals surface area contributed by atoms with Crippen LogP contribution >= 0.6 is 13.5 Å². The molecule has 0 aromatic heterocycles. The topological polar surface area (TPSA) is 0 Å². The molecule has 0 N–H and O–H groups in total. The molecule has 0 aromatic carbocycles. The Hall–Kier alpha value is 4.62. The number of hydrogen-bond donors (Lipinski definition) is 0. The maximum Gasteiger partial charge on any atom is 0 e. The molecule has 0 saturated heterocycles. The van der Waals surface area contributed by atoms with Gasteiger partial charge in [-0.05, 0) is 0 Å². The molecular formula is H2BCaCuFeMgMnSZn.